The highest BCUT2D eigenvalue weighted by atomic mass is 35.5. The number of nitrogens with one attached hydrogen (secondary N) is 1. The molecule has 0 aromatic carbocycles. The van der Waals surface area contributed by atoms with Crippen LogP contribution in [0.15, 0.2) is 24.5 Å². The maximum absolute atomic E-state index is 12.7. The highest BCUT2D eigenvalue weighted by molar-refractivity contribution is 5.85. The minimum Gasteiger partial charge on any atom is -0.338 e. The molecule has 1 unspecified atom stereocenters. The van der Waals surface area contributed by atoms with Crippen LogP contribution in [0.3, 0.4) is 0 Å². The minimum atomic E-state index is 0. The van der Waals surface area contributed by atoms with Crippen LogP contribution in [0.4, 0.5) is 0 Å². The molecule has 25 heavy (non-hydrogen) atoms. The fraction of sp³-hybridized carbons (Fsp3) is 0.588. The van der Waals surface area contributed by atoms with Crippen LogP contribution in [0.2, 0.25) is 0 Å². The highest BCUT2D eigenvalue weighted by Crippen LogP contribution is 2.20. The van der Waals surface area contributed by atoms with Gasteiger partial charge in [-0.25, -0.2) is 0 Å². The van der Waals surface area contributed by atoms with Gasteiger partial charge in [0, 0.05) is 44.9 Å². The number of amides is 1. The molecule has 2 aliphatic rings. The van der Waals surface area contributed by atoms with Crippen molar-refractivity contribution in [1.82, 2.24) is 29.8 Å². The fourth-order valence-corrected chi connectivity index (χ4v) is 3.73. The Hall–Kier alpha value is -1.86. The van der Waals surface area contributed by atoms with Gasteiger partial charge in [0.2, 0.25) is 5.91 Å². The molecule has 0 radical (unpaired) electrons. The van der Waals surface area contributed by atoms with Gasteiger partial charge >= 0.3 is 0 Å². The Morgan fingerprint density at radius 3 is 3.08 bits per heavy atom. The van der Waals surface area contributed by atoms with Crippen molar-refractivity contribution in [2.24, 2.45) is 0 Å². The average molecular weight is 365 g/mol. The van der Waals surface area contributed by atoms with Crippen molar-refractivity contribution in [3.63, 3.8) is 0 Å². The predicted molar refractivity (Wildman–Crippen MR) is 96.5 cm³/mol. The van der Waals surface area contributed by atoms with E-state index in [0.717, 1.165) is 57.7 Å². The normalized spacial score (nSPS) is 19.5. The van der Waals surface area contributed by atoms with Gasteiger partial charge in [0.1, 0.15) is 0 Å². The van der Waals surface area contributed by atoms with E-state index in [1.807, 2.05) is 21.8 Å². The Balaban J connectivity index is 0.00000182. The van der Waals surface area contributed by atoms with Crippen LogP contribution in [0.1, 0.15) is 30.7 Å². The van der Waals surface area contributed by atoms with Crippen molar-refractivity contribution in [2.75, 3.05) is 13.1 Å². The Kier molecular flexibility index (Phi) is 5.75. The van der Waals surface area contributed by atoms with E-state index in [2.05, 4.69) is 26.3 Å². The average Bonchev–Trinajstić information content (AvgIpc) is 3.33. The summed E-state index contributed by atoms with van der Waals surface area (Å²) in [5.74, 6) is 0.244. The second-order valence-electron chi connectivity index (χ2n) is 6.64. The lowest BCUT2D eigenvalue weighted by molar-refractivity contribution is -0.132. The Morgan fingerprint density at radius 2 is 2.28 bits per heavy atom. The SMILES string of the molecule is Cl.O=C(CCc1cc2n(n1)CCNC2)N1CCCC1Cn1cccn1. The van der Waals surface area contributed by atoms with Gasteiger partial charge in [0.25, 0.3) is 0 Å². The highest BCUT2D eigenvalue weighted by Gasteiger charge is 2.28. The van der Waals surface area contributed by atoms with Crippen molar-refractivity contribution in [1.29, 1.82) is 0 Å². The number of nitrogens with zero attached hydrogens (tertiary/aromatic N) is 5. The maximum Gasteiger partial charge on any atom is 0.223 e. The summed E-state index contributed by atoms with van der Waals surface area (Å²) >= 11 is 0. The number of fused-ring (bicyclic) bond motifs is 1. The number of aromatic nitrogens is 4. The molecule has 1 atom stereocenters. The zero-order valence-corrected chi connectivity index (χ0v) is 15.1. The number of likely N-dealkylation sites (tertiary alicyclic amines) is 1. The summed E-state index contributed by atoms with van der Waals surface area (Å²) in [6.45, 7) is 4.42. The van der Waals surface area contributed by atoms with Crippen LogP contribution < -0.4 is 5.32 Å². The van der Waals surface area contributed by atoms with Crippen LogP contribution in [0.5, 0.6) is 0 Å². The van der Waals surface area contributed by atoms with Crippen molar-refractivity contribution >= 4 is 18.3 Å². The van der Waals surface area contributed by atoms with E-state index >= 15 is 0 Å². The summed E-state index contributed by atoms with van der Waals surface area (Å²) < 4.78 is 3.99. The quantitative estimate of drug-likeness (QED) is 0.866. The first-order valence-corrected chi connectivity index (χ1v) is 8.83. The first-order chi connectivity index (χ1) is 11.8. The van der Waals surface area contributed by atoms with Gasteiger partial charge in [-0.15, -0.1) is 12.4 Å². The molecule has 1 amide bonds. The fourth-order valence-electron chi connectivity index (χ4n) is 3.73. The zero-order chi connectivity index (χ0) is 16.4. The minimum absolute atomic E-state index is 0. The van der Waals surface area contributed by atoms with Crippen LogP contribution in [-0.2, 0) is 30.8 Å². The van der Waals surface area contributed by atoms with Crippen LogP contribution in [-0.4, -0.2) is 49.5 Å². The van der Waals surface area contributed by atoms with Gasteiger partial charge in [-0.05, 0) is 25.0 Å². The van der Waals surface area contributed by atoms with Gasteiger partial charge in [-0.1, -0.05) is 0 Å². The second-order valence-corrected chi connectivity index (χ2v) is 6.64. The lowest BCUT2D eigenvalue weighted by atomic mass is 10.2. The first kappa shape index (κ1) is 17.9. The number of aryl methyl sites for hydroxylation is 1. The summed E-state index contributed by atoms with van der Waals surface area (Å²) in [5, 5.41) is 12.2. The molecule has 7 nitrogen and oxygen atoms in total. The van der Waals surface area contributed by atoms with Gasteiger partial charge in [0.05, 0.1) is 30.5 Å². The number of halogens is 1. The first-order valence-electron chi connectivity index (χ1n) is 8.83. The smallest absolute Gasteiger partial charge is 0.223 e. The Morgan fingerprint density at radius 1 is 1.36 bits per heavy atom. The third kappa shape index (κ3) is 4.04. The molecule has 2 aromatic heterocycles. The van der Waals surface area contributed by atoms with E-state index in [0.29, 0.717) is 6.42 Å². The molecule has 1 fully saturated rings. The van der Waals surface area contributed by atoms with E-state index in [1.54, 1.807) is 6.20 Å². The Labute approximate surface area is 153 Å². The third-order valence-electron chi connectivity index (χ3n) is 4.97. The molecule has 0 aliphatic carbocycles. The number of hydrogen-bond donors (Lipinski definition) is 1. The zero-order valence-electron chi connectivity index (χ0n) is 14.3. The van der Waals surface area contributed by atoms with E-state index in [1.165, 1.54) is 5.69 Å². The molecule has 1 N–H and O–H groups in total. The molecule has 0 saturated carbocycles. The second kappa shape index (κ2) is 8.01. The number of rotatable bonds is 5. The molecule has 1 saturated heterocycles. The molecule has 0 spiro atoms. The summed E-state index contributed by atoms with van der Waals surface area (Å²) in [4.78, 5) is 14.7. The van der Waals surface area contributed by atoms with E-state index < -0.39 is 0 Å². The van der Waals surface area contributed by atoms with E-state index in [9.17, 15) is 4.79 Å². The lowest BCUT2D eigenvalue weighted by Crippen LogP contribution is -2.38. The van der Waals surface area contributed by atoms with Crippen molar-refractivity contribution in [2.45, 2.75) is 51.4 Å². The number of hydrogen-bond acceptors (Lipinski definition) is 4. The summed E-state index contributed by atoms with van der Waals surface area (Å²) in [7, 11) is 0. The standard InChI is InChI=1S/C17H24N6O.ClH/c24-17(5-4-14-11-16-12-18-7-10-23(16)20-14)22-9-1-3-15(22)13-21-8-2-6-19-21;/h2,6,8,11,15,18H,1,3-5,7,9-10,12-13H2;1H. The molecule has 4 rings (SSSR count). The number of carbonyl (C=O) groups is 1. The largest absolute Gasteiger partial charge is 0.338 e. The molecular formula is C17H25ClN6O. The molecule has 4 heterocycles. The van der Waals surface area contributed by atoms with Crippen molar-refractivity contribution in [3.05, 3.63) is 35.9 Å². The van der Waals surface area contributed by atoms with Crippen LogP contribution >= 0.6 is 12.4 Å². The summed E-state index contributed by atoms with van der Waals surface area (Å²) in [5.41, 5.74) is 2.26. The van der Waals surface area contributed by atoms with Gasteiger partial charge in [-0.2, -0.15) is 10.2 Å². The molecule has 0 bridgehead atoms. The lowest BCUT2D eigenvalue weighted by Gasteiger charge is -2.24. The monoisotopic (exact) mass is 364 g/mol. The van der Waals surface area contributed by atoms with Crippen LogP contribution in [0, 0.1) is 0 Å². The molecule has 2 aliphatic heterocycles. The van der Waals surface area contributed by atoms with Crippen LogP contribution in [0.25, 0.3) is 0 Å². The van der Waals surface area contributed by atoms with E-state index in [-0.39, 0.29) is 24.4 Å². The molecule has 136 valence electrons. The van der Waals surface area contributed by atoms with Crippen molar-refractivity contribution < 1.29 is 4.79 Å². The molecular weight excluding hydrogens is 340 g/mol. The van der Waals surface area contributed by atoms with Gasteiger partial charge in [-0.3, -0.25) is 14.2 Å². The summed E-state index contributed by atoms with van der Waals surface area (Å²) in [6.07, 6.45) is 7.17. The maximum atomic E-state index is 12.7. The predicted octanol–water partition coefficient (Wildman–Crippen LogP) is 1.23. The van der Waals surface area contributed by atoms with Gasteiger partial charge in [0.15, 0.2) is 0 Å². The molecule has 2 aromatic rings. The number of carbonyl (C=O) groups excluding carboxylic acids is 1. The van der Waals surface area contributed by atoms with E-state index in [4.69, 9.17) is 0 Å². The Bertz CT molecular complexity index is 675. The third-order valence-corrected chi connectivity index (χ3v) is 4.97. The van der Waals surface area contributed by atoms with Gasteiger partial charge < -0.3 is 10.2 Å². The topological polar surface area (TPSA) is 68.0 Å². The molecule has 8 heteroatoms. The van der Waals surface area contributed by atoms with Crippen molar-refractivity contribution in [3.8, 4) is 0 Å². The summed E-state index contributed by atoms with van der Waals surface area (Å²) in [6, 6.07) is 4.33.